The zero-order valence-corrected chi connectivity index (χ0v) is 17.0. The molecule has 10 nitrogen and oxygen atoms in total. The highest BCUT2D eigenvalue weighted by Crippen LogP contribution is 2.34. The summed E-state index contributed by atoms with van der Waals surface area (Å²) in [5, 5.41) is 15.4. The lowest BCUT2D eigenvalue weighted by molar-refractivity contribution is -0.116. The number of esters is 2. The quantitative estimate of drug-likeness (QED) is 0.586. The number of rotatable bonds is 9. The van der Waals surface area contributed by atoms with Gasteiger partial charge in [0, 0.05) is 6.20 Å². The molecule has 2 N–H and O–H groups in total. The third-order valence-electron chi connectivity index (χ3n) is 3.67. The molecule has 0 aliphatic heterocycles. The molecule has 2 rings (SSSR count). The van der Waals surface area contributed by atoms with Crippen molar-refractivity contribution < 1.29 is 33.8 Å². The van der Waals surface area contributed by atoms with E-state index in [1.807, 2.05) is 6.92 Å². The molecule has 0 spiro atoms. The Bertz CT molecular complexity index is 932. The predicted molar refractivity (Wildman–Crippen MR) is 103 cm³/mol. The molecule has 11 heteroatoms. The summed E-state index contributed by atoms with van der Waals surface area (Å²) in [6, 6.07) is 1.26. The number of thiophene rings is 1. The third kappa shape index (κ3) is 5.41. The van der Waals surface area contributed by atoms with Gasteiger partial charge in [0.1, 0.15) is 16.4 Å². The normalized spacial score (nSPS) is 10.4. The second-order valence-electron chi connectivity index (χ2n) is 5.87. The molecule has 0 saturated carbocycles. The van der Waals surface area contributed by atoms with Crippen molar-refractivity contribution in [3.05, 3.63) is 34.0 Å². The summed E-state index contributed by atoms with van der Waals surface area (Å²) in [6.07, 6.45) is 1.97. The van der Waals surface area contributed by atoms with Crippen molar-refractivity contribution >= 4 is 40.2 Å². The van der Waals surface area contributed by atoms with Crippen LogP contribution in [-0.2, 0) is 20.8 Å². The fraction of sp³-hybridized carbons (Fsp3) is 0.389. The van der Waals surface area contributed by atoms with E-state index in [-0.39, 0.29) is 40.9 Å². The summed E-state index contributed by atoms with van der Waals surface area (Å²) in [7, 11) is 0. The second kappa shape index (κ2) is 9.82. The molecule has 0 atom stereocenters. The molecule has 0 radical (unpaired) electrons. The molecule has 0 bridgehead atoms. The molecule has 0 aliphatic rings. The van der Waals surface area contributed by atoms with Crippen molar-refractivity contribution in [3.63, 3.8) is 0 Å². The van der Waals surface area contributed by atoms with Crippen molar-refractivity contribution in [2.24, 2.45) is 0 Å². The number of nitrogens with one attached hydrogen (secondary N) is 1. The van der Waals surface area contributed by atoms with Crippen LogP contribution in [0.25, 0.3) is 0 Å². The van der Waals surface area contributed by atoms with Gasteiger partial charge in [0.2, 0.25) is 5.91 Å². The van der Waals surface area contributed by atoms with E-state index in [4.69, 9.17) is 14.6 Å². The van der Waals surface area contributed by atoms with Crippen LogP contribution in [0.4, 0.5) is 5.00 Å². The van der Waals surface area contributed by atoms with E-state index >= 15 is 0 Å². The first-order valence-corrected chi connectivity index (χ1v) is 9.64. The van der Waals surface area contributed by atoms with Crippen molar-refractivity contribution in [2.45, 2.75) is 33.7 Å². The summed E-state index contributed by atoms with van der Waals surface area (Å²) in [6.45, 7) is 5.17. The molecule has 0 aliphatic carbocycles. The van der Waals surface area contributed by atoms with Crippen LogP contribution in [0.5, 0.6) is 0 Å². The van der Waals surface area contributed by atoms with Crippen LogP contribution in [0.3, 0.4) is 0 Å². The molecule has 156 valence electrons. The number of anilines is 1. The van der Waals surface area contributed by atoms with Gasteiger partial charge < -0.3 is 19.9 Å². The Kier molecular flexibility index (Phi) is 7.48. The number of hydrogen-bond donors (Lipinski definition) is 2. The number of amides is 1. The van der Waals surface area contributed by atoms with Crippen molar-refractivity contribution in [1.29, 1.82) is 0 Å². The predicted octanol–water partition coefficient (Wildman–Crippen LogP) is 2.33. The Morgan fingerprint density at radius 1 is 1.21 bits per heavy atom. The topological polar surface area (TPSA) is 137 Å². The maximum Gasteiger partial charge on any atom is 0.356 e. The monoisotopic (exact) mass is 423 g/mol. The minimum atomic E-state index is -1.21. The number of hydrogen-bond acceptors (Lipinski definition) is 8. The van der Waals surface area contributed by atoms with Gasteiger partial charge >= 0.3 is 17.9 Å². The summed E-state index contributed by atoms with van der Waals surface area (Å²) >= 11 is 0.914. The molecular weight excluding hydrogens is 402 g/mol. The smallest absolute Gasteiger partial charge is 0.356 e. The van der Waals surface area contributed by atoms with Crippen LogP contribution in [0.1, 0.15) is 56.3 Å². The van der Waals surface area contributed by atoms with E-state index in [1.54, 1.807) is 13.8 Å². The molecule has 0 fully saturated rings. The van der Waals surface area contributed by atoms with Gasteiger partial charge in [0.25, 0.3) is 0 Å². The first-order chi connectivity index (χ1) is 13.8. The third-order valence-corrected chi connectivity index (χ3v) is 4.85. The molecule has 2 heterocycles. The van der Waals surface area contributed by atoms with Gasteiger partial charge in [0.15, 0.2) is 5.69 Å². The largest absolute Gasteiger partial charge is 0.476 e. The van der Waals surface area contributed by atoms with Gasteiger partial charge in [-0.2, -0.15) is 5.10 Å². The summed E-state index contributed by atoms with van der Waals surface area (Å²) in [5.41, 5.74) is 0.252. The summed E-state index contributed by atoms with van der Waals surface area (Å²) in [5.74, 6) is -3.01. The summed E-state index contributed by atoms with van der Waals surface area (Å²) < 4.78 is 11.3. The minimum Gasteiger partial charge on any atom is -0.476 e. The van der Waals surface area contributed by atoms with Crippen LogP contribution in [0, 0.1) is 6.92 Å². The van der Waals surface area contributed by atoms with E-state index in [0.29, 0.717) is 12.0 Å². The van der Waals surface area contributed by atoms with E-state index < -0.39 is 23.8 Å². The Labute approximate surface area is 170 Å². The average molecular weight is 423 g/mol. The molecule has 2 aromatic rings. The molecule has 0 aromatic carbocycles. The lowest BCUT2D eigenvalue weighted by atomic mass is 10.1. The van der Waals surface area contributed by atoms with E-state index in [9.17, 15) is 19.2 Å². The van der Waals surface area contributed by atoms with Crippen molar-refractivity contribution in [3.8, 4) is 0 Å². The second-order valence-corrected chi connectivity index (χ2v) is 6.89. The number of carboxylic acid groups (broad SMARTS) is 1. The zero-order chi connectivity index (χ0) is 21.6. The van der Waals surface area contributed by atoms with Gasteiger partial charge in [0.05, 0.1) is 18.8 Å². The maximum atomic E-state index is 12.5. The van der Waals surface area contributed by atoms with Gasteiger partial charge in [-0.1, -0.05) is 6.92 Å². The average Bonchev–Trinajstić information content (AvgIpc) is 3.24. The van der Waals surface area contributed by atoms with Crippen LogP contribution >= 0.6 is 11.3 Å². The fourth-order valence-electron chi connectivity index (χ4n) is 2.38. The number of aromatic carboxylic acids is 1. The molecule has 0 unspecified atom stereocenters. The highest BCUT2D eigenvalue weighted by molar-refractivity contribution is 7.18. The van der Waals surface area contributed by atoms with Crippen LogP contribution in [0.2, 0.25) is 0 Å². The number of carbonyl (C=O) groups is 4. The number of carbonyl (C=O) groups excluding carboxylic acids is 3. The Morgan fingerprint density at radius 2 is 1.93 bits per heavy atom. The van der Waals surface area contributed by atoms with E-state index in [2.05, 4.69) is 10.4 Å². The Morgan fingerprint density at radius 3 is 2.52 bits per heavy atom. The van der Waals surface area contributed by atoms with Crippen LogP contribution in [0.15, 0.2) is 12.3 Å². The highest BCUT2D eigenvalue weighted by Gasteiger charge is 2.27. The van der Waals surface area contributed by atoms with Crippen molar-refractivity contribution in [2.75, 3.05) is 18.5 Å². The lowest BCUT2D eigenvalue weighted by Gasteiger charge is -2.08. The molecule has 2 aromatic heterocycles. The number of aromatic nitrogens is 2. The number of ether oxygens (including phenoxy) is 2. The Balaban J connectivity index is 2.27. The molecular formula is C18H21N3O7S. The molecule has 0 saturated heterocycles. The van der Waals surface area contributed by atoms with Gasteiger partial charge in [-0.3, -0.25) is 9.48 Å². The molecule has 29 heavy (non-hydrogen) atoms. The molecule has 1 amide bonds. The first-order valence-electron chi connectivity index (χ1n) is 8.82. The maximum absolute atomic E-state index is 12.5. The van der Waals surface area contributed by atoms with Crippen LogP contribution < -0.4 is 5.32 Å². The lowest BCUT2D eigenvalue weighted by Crippen LogP contribution is -2.20. The van der Waals surface area contributed by atoms with Gasteiger partial charge in [-0.15, -0.1) is 11.3 Å². The van der Waals surface area contributed by atoms with Gasteiger partial charge in [-0.05, 0) is 31.9 Å². The standard InChI is InChI=1S/C18H21N3O7S/c1-4-8-28-17(25)13-10(3)14(18(26)27-5-2)29-15(13)19-12(22)9-21-7-6-11(20-21)16(23)24/h6-7H,4-5,8-9H2,1-3H3,(H,19,22)(H,23,24). The fourth-order valence-corrected chi connectivity index (χ4v) is 3.49. The Hall–Kier alpha value is -3.21. The van der Waals surface area contributed by atoms with E-state index in [0.717, 1.165) is 16.0 Å². The van der Waals surface area contributed by atoms with Crippen molar-refractivity contribution in [1.82, 2.24) is 9.78 Å². The highest BCUT2D eigenvalue weighted by atomic mass is 32.1. The minimum absolute atomic E-state index is 0.0894. The summed E-state index contributed by atoms with van der Waals surface area (Å²) in [4.78, 5) is 48.1. The zero-order valence-electron chi connectivity index (χ0n) is 16.2. The SMILES string of the molecule is CCCOC(=O)c1c(NC(=O)Cn2ccc(C(=O)O)n2)sc(C(=O)OCC)c1C. The number of nitrogens with zero attached hydrogens (tertiary/aromatic N) is 2. The van der Waals surface area contributed by atoms with Gasteiger partial charge in [-0.25, -0.2) is 14.4 Å². The van der Waals surface area contributed by atoms with E-state index in [1.165, 1.54) is 12.3 Å². The van der Waals surface area contributed by atoms with Crippen LogP contribution in [-0.4, -0.2) is 51.9 Å². The number of carboxylic acids is 1. The first kappa shape index (κ1) is 22.1.